The highest BCUT2D eigenvalue weighted by atomic mass is 35.5. The van der Waals surface area contributed by atoms with E-state index >= 15 is 0 Å². The first-order valence-corrected chi connectivity index (χ1v) is 8.07. The standard InChI is InChI=1S/C17H26ClN/c1-13(2)12-19(16-6-4-5-7-16)17-9-8-15(11-18)10-14(17)3/h8-10,13,16H,4-7,11-12H2,1-3H3. The quantitative estimate of drug-likeness (QED) is 0.675. The smallest absolute Gasteiger partial charge is 0.0474 e. The van der Waals surface area contributed by atoms with E-state index in [0.717, 1.165) is 12.6 Å². The van der Waals surface area contributed by atoms with Gasteiger partial charge in [-0.2, -0.15) is 0 Å². The Bertz CT molecular complexity index is 408. The van der Waals surface area contributed by atoms with Crippen LogP contribution in [0.1, 0.15) is 50.7 Å². The number of hydrogen-bond donors (Lipinski definition) is 0. The molecule has 0 N–H and O–H groups in total. The van der Waals surface area contributed by atoms with Gasteiger partial charge in [0.05, 0.1) is 0 Å². The molecule has 1 aliphatic carbocycles. The maximum Gasteiger partial charge on any atom is 0.0474 e. The molecule has 0 radical (unpaired) electrons. The van der Waals surface area contributed by atoms with Crippen molar-refractivity contribution in [1.82, 2.24) is 0 Å². The third-order valence-electron chi connectivity index (χ3n) is 4.05. The van der Waals surface area contributed by atoms with E-state index in [0.29, 0.717) is 11.8 Å². The second kappa shape index (κ2) is 6.65. The summed E-state index contributed by atoms with van der Waals surface area (Å²) >= 11 is 5.93. The Morgan fingerprint density at radius 2 is 1.95 bits per heavy atom. The van der Waals surface area contributed by atoms with Gasteiger partial charge in [-0.25, -0.2) is 0 Å². The molecule has 1 aromatic carbocycles. The molecule has 1 aliphatic rings. The summed E-state index contributed by atoms with van der Waals surface area (Å²) in [5.41, 5.74) is 4.00. The molecule has 0 aromatic heterocycles. The van der Waals surface area contributed by atoms with E-state index in [9.17, 15) is 0 Å². The molecule has 106 valence electrons. The first kappa shape index (κ1) is 14.7. The van der Waals surface area contributed by atoms with Gasteiger partial charge in [0.2, 0.25) is 0 Å². The van der Waals surface area contributed by atoms with Crippen molar-refractivity contribution in [1.29, 1.82) is 0 Å². The number of anilines is 1. The van der Waals surface area contributed by atoms with Crippen LogP contribution in [0.2, 0.25) is 0 Å². The van der Waals surface area contributed by atoms with Gasteiger partial charge in [0.25, 0.3) is 0 Å². The zero-order valence-electron chi connectivity index (χ0n) is 12.5. The Hall–Kier alpha value is -0.690. The molecule has 0 heterocycles. The van der Waals surface area contributed by atoms with Crippen LogP contribution < -0.4 is 4.90 Å². The fraction of sp³-hybridized carbons (Fsp3) is 0.647. The minimum Gasteiger partial charge on any atom is -0.368 e. The molecule has 0 spiro atoms. The summed E-state index contributed by atoms with van der Waals surface area (Å²) in [6, 6.07) is 7.43. The van der Waals surface area contributed by atoms with E-state index in [1.807, 2.05) is 0 Å². The molecular weight excluding hydrogens is 254 g/mol. The molecule has 1 fully saturated rings. The number of halogens is 1. The zero-order chi connectivity index (χ0) is 13.8. The van der Waals surface area contributed by atoms with Crippen LogP contribution >= 0.6 is 11.6 Å². The van der Waals surface area contributed by atoms with Crippen molar-refractivity contribution in [3.8, 4) is 0 Å². The van der Waals surface area contributed by atoms with E-state index in [2.05, 4.69) is 43.9 Å². The number of aryl methyl sites for hydroxylation is 1. The summed E-state index contributed by atoms with van der Waals surface area (Å²) in [7, 11) is 0. The van der Waals surface area contributed by atoms with Crippen LogP contribution in [0.5, 0.6) is 0 Å². The van der Waals surface area contributed by atoms with Gasteiger partial charge in [-0.1, -0.05) is 38.8 Å². The first-order chi connectivity index (χ1) is 9.11. The highest BCUT2D eigenvalue weighted by Gasteiger charge is 2.24. The van der Waals surface area contributed by atoms with Crippen molar-refractivity contribution >= 4 is 17.3 Å². The third kappa shape index (κ3) is 3.66. The van der Waals surface area contributed by atoms with Gasteiger partial charge >= 0.3 is 0 Å². The lowest BCUT2D eigenvalue weighted by Gasteiger charge is -2.34. The summed E-state index contributed by atoms with van der Waals surface area (Å²) in [6.07, 6.45) is 5.48. The number of alkyl halides is 1. The summed E-state index contributed by atoms with van der Waals surface area (Å²) in [6.45, 7) is 7.99. The number of rotatable bonds is 5. The minimum atomic E-state index is 0.606. The van der Waals surface area contributed by atoms with Crippen molar-refractivity contribution in [3.05, 3.63) is 29.3 Å². The topological polar surface area (TPSA) is 3.24 Å². The van der Waals surface area contributed by atoms with Gasteiger partial charge < -0.3 is 4.90 Å². The van der Waals surface area contributed by atoms with Crippen LogP contribution in [-0.4, -0.2) is 12.6 Å². The summed E-state index contributed by atoms with van der Waals surface area (Å²) < 4.78 is 0. The normalized spacial score (nSPS) is 16.3. The fourth-order valence-electron chi connectivity index (χ4n) is 3.18. The Morgan fingerprint density at radius 3 is 2.47 bits per heavy atom. The largest absolute Gasteiger partial charge is 0.368 e. The lowest BCUT2D eigenvalue weighted by molar-refractivity contribution is 0.535. The highest BCUT2D eigenvalue weighted by molar-refractivity contribution is 6.17. The van der Waals surface area contributed by atoms with Crippen molar-refractivity contribution in [3.63, 3.8) is 0 Å². The molecule has 0 aliphatic heterocycles. The van der Waals surface area contributed by atoms with Gasteiger partial charge in [0, 0.05) is 24.2 Å². The number of nitrogens with zero attached hydrogens (tertiary/aromatic N) is 1. The van der Waals surface area contributed by atoms with E-state index in [-0.39, 0.29) is 0 Å². The van der Waals surface area contributed by atoms with Crippen LogP contribution in [-0.2, 0) is 5.88 Å². The molecule has 0 saturated heterocycles. The lowest BCUT2D eigenvalue weighted by Crippen LogP contribution is -2.36. The minimum absolute atomic E-state index is 0.606. The highest BCUT2D eigenvalue weighted by Crippen LogP contribution is 2.31. The molecule has 0 atom stereocenters. The second-order valence-electron chi connectivity index (χ2n) is 6.24. The Balaban J connectivity index is 2.26. The summed E-state index contributed by atoms with van der Waals surface area (Å²) in [5.74, 6) is 1.31. The van der Waals surface area contributed by atoms with Crippen molar-refractivity contribution in [2.75, 3.05) is 11.4 Å². The van der Waals surface area contributed by atoms with Gasteiger partial charge in [-0.15, -0.1) is 11.6 Å². The van der Waals surface area contributed by atoms with Crippen LogP contribution in [0.3, 0.4) is 0 Å². The van der Waals surface area contributed by atoms with E-state index in [1.165, 1.54) is 42.5 Å². The first-order valence-electron chi connectivity index (χ1n) is 7.54. The van der Waals surface area contributed by atoms with E-state index < -0.39 is 0 Å². The Labute approximate surface area is 123 Å². The van der Waals surface area contributed by atoms with Crippen LogP contribution in [0.15, 0.2) is 18.2 Å². The average Bonchev–Trinajstić information content (AvgIpc) is 2.89. The number of benzene rings is 1. The van der Waals surface area contributed by atoms with Gasteiger partial charge in [-0.3, -0.25) is 0 Å². The van der Waals surface area contributed by atoms with Gasteiger partial charge in [-0.05, 0) is 42.9 Å². The molecule has 1 aromatic rings. The second-order valence-corrected chi connectivity index (χ2v) is 6.51. The van der Waals surface area contributed by atoms with Crippen molar-refractivity contribution < 1.29 is 0 Å². The summed E-state index contributed by atoms with van der Waals surface area (Å²) in [5, 5.41) is 0. The molecule has 19 heavy (non-hydrogen) atoms. The van der Waals surface area contributed by atoms with E-state index in [4.69, 9.17) is 11.6 Å². The van der Waals surface area contributed by atoms with Gasteiger partial charge in [0.15, 0.2) is 0 Å². The van der Waals surface area contributed by atoms with Crippen molar-refractivity contribution in [2.24, 2.45) is 5.92 Å². The molecule has 0 amide bonds. The van der Waals surface area contributed by atoms with Crippen LogP contribution in [0, 0.1) is 12.8 Å². The maximum atomic E-state index is 5.93. The monoisotopic (exact) mass is 279 g/mol. The molecular formula is C17H26ClN. The lowest BCUT2D eigenvalue weighted by atomic mass is 10.0. The third-order valence-corrected chi connectivity index (χ3v) is 4.36. The molecule has 0 unspecified atom stereocenters. The average molecular weight is 280 g/mol. The molecule has 1 nitrogen and oxygen atoms in total. The van der Waals surface area contributed by atoms with Crippen LogP contribution in [0.25, 0.3) is 0 Å². The fourth-order valence-corrected chi connectivity index (χ4v) is 3.34. The zero-order valence-corrected chi connectivity index (χ0v) is 13.2. The predicted octanol–water partition coefficient (Wildman–Crippen LogP) is 5.14. The Kier molecular flexibility index (Phi) is 5.15. The molecule has 2 heteroatoms. The van der Waals surface area contributed by atoms with Crippen molar-refractivity contribution in [2.45, 2.75) is 58.4 Å². The number of hydrogen-bond acceptors (Lipinski definition) is 1. The SMILES string of the molecule is Cc1cc(CCl)ccc1N(CC(C)C)C1CCCC1. The maximum absolute atomic E-state index is 5.93. The molecule has 0 bridgehead atoms. The summed E-state index contributed by atoms with van der Waals surface area (Å²) in [4.78, 5) is 2.64. The molecule has 1 saturated carbocycles. The predicted molar refractivity (Wildman–Crippen MR) is 85.2 cm³/mol. The van der Waals surface area contributed by atoms with Crippen LogP contribution in [0.4, 0.5) is 5.69 Å². The van der Waals surface area contributed by atoms with E-state index in [1.54, 1.807) is 0 Å². The molecule has 2 rings (SSSR count). The Morgan fingerprint density at radius 1 is 1.26 bits per heavy atom. The van der Waals surface area contributed by atoms with Gasteiger partial charge in [0.1, 0.15) is 0 Å².